The van der Waals surface area contributed by atoms with Gasteiger partial charge in [0.05, 0.1) is 20.9 Å². The minimum absolute atomic E-state index is 0.114. The average Bonchev–Trinajstić information content (AvgIpc) is 2.93. The third-order valence-corrected chi connectivity index (χ3v) is 6.26. The summed E-state index contributed by atoms with van der Waals surface area (Å²) in [5, 5.41) is 10.8. The summed E-state index contributed by atoms with van der Waals surface area (Å²) in [5.74, 6) is -0.756. The summed E-state index contributed by atoms with van der Waals surface area (Å²) in [6, 6.07) is 9.15. The van der Waals surface area contributed by atoms with Crippen LogP contribution in [0.3, 0.4) is 0 Å². The van der Waals surface area contributed by atoms with Gasteiger partial charge in [-0.3, -0.25) is 10.1 Å². The van der Waals surface area contributed by atoms with Gasteiger partial charge in [0.1, 0.15) is 5.82 Å². The molecule has 0 atom stereocenters. The van der Waals surface area contributed by atoms with Crippen LogP contribution in [-0.2, 0) is 15.6 Å². The molecule has 23 heavy (non-hydrogen) atoms. The Balaban J connectivity index is 1.97. The van der Waals surface area contributed by atoms with Gasteiger partial charge >= 0.3 is 0 Å². The molecule has 0 spiro atoms. The van der Waals surface area contributed by atoms with Gasteiger partial charge in [-0.05, 0) is 23.8 Å². The van der Waals surface area contributed by atoms with Crippen LogP contribution in [0, 0.1) is 15.9 Å². The minimum Gasteiger partial charge on any atom is -0.258 e. The fourth-order valence-corrected chi connectivity index (χ4v) is 4.68. The fraction of sp³-hybridized carbons (Fsp3) is 0.0714. The second-order valence-corrected chi connectivity index (χ2v) is 7.97. The number of nitro groups is 1. The van der Waals surface area contributed by atoms with Crippen molar-refractivity contribution in [1.82, 2.24) is 4.98 Å². The van der Waals surface area contributed by atoms with Crippen LogP contribution < -0.4 is 0 Å². The molecule has 0 fully saturated rings. The molecule has 3 rings (SSSR count). The zero-order chi connectivity index (χ0) is 16.6. The summed E-state index contributed by atoms with van der Waals surface area (Å²) in [6.45, 7) is 0. The first-order valence-corrected chi connectivity index (χ1v) is 8.84. The molecule has 0 N–H and O–H groups in total. The minimum atomic E-state index is -3.71. The van der Waals surface area contributed by atoms with E-state index in [1.807, 2.05) is 0 Å². The number of benzene rings is 2. The number of thiazole rings is 1. The third-order valence-electron chi connectivity index (χ3n) is 3.10. The van der Waals surface area contributed by atoms with E-state index in [1.165, 1.54) is 42.5 Å². The summed E-state index contributed by atoms with van der Waals surface area (Å²) in [6.07, 6.45) is 0. The number of rotatable bonds is 4. The molecule has 0 saturated heterocycles. The fourth-order valence-electron chi connectivity index (χ4n) is 2.00. The Labute approximate surface area is 134 Å². The van der Waals surface area contributed by atoms with E-state index in [1.54, 1.807) is 0 Å². The van der Waals surface area contributed by atoms with E-state index in [4.69, 9.17) is 0 Å². The maximum Gasteiger partial charge on any atom is 0.270 e. The Morgan fingerprint density at radius 2 is 1.87 bits per heavy atom. The topological polar surface area (TPSA) is 90.2 Å². The molecule has 0 aliphatic rings. The maximum absolute atomic E-state index is 12.9. The van der Waals surface area contributed by atoms with Crippen LogP contribution in [0.15, 0.2) is 46.8 Å². The number of non-ortho nitro benzene ring substituents is 1. The highest BCUT2D eigenvalue weighted by molar-refractivity contribution is 7.92. The van der Waals surface area contributed by atoms with E-state index in [0.717, 1.165) is 11.3 Å². The average molecular weight is 352 g/mol. The Morgan fingerprint density at radius 1 is 1.17 bits per heavy atom. The number of fused-ring (bicyclic) bond motifs is 1. The van der Waals surface area contributed by atoms with Gasteiger partial charge in [-0.25, -0.2) is 17.8 Å². The van der Waals surface area contributed by atoms with Crippen LogP contribution in [-0.4, -0.2) is 18.3 Å². The van der Waals surface area contributed by atoms with Crippen molar-refractivity contribution in [3.63, 3.8) is 0 Å². The van der Waals surface area contributed by atoms with Gasteiger partial charge in [0, 0.05) is 12.1 Å². The molecule has 1 aromatic heterocycles. The van der Waals surface area contributed by atoms with Crippen LogP contribution in [0.1, 0.15) is 5.56 Å². The smallest absolute Gasteiger partial charge is 0.258 e. The zero-order valence-corrected chi connectivity index (χ0v) is 13.1. The summed E-state index contributed by atoms with van der Waals surface area (Å²) < 4.78 is 38.0. The molecule has 0 saturated carbocycles. The van der Waals surface area contributed by atoms with Crippen LogP contribution in [0.5, 0.6) is 0 Å². The molecule has 0 unspecified atom stereocenters. The third kappa shape index (κ3) is 3.20. The Bertz CT molecular complexity index is 997. The number of halogens is 1. The van der Waals surface area contributed by atoms with E-state index in [0.29, 0.717) is 15.8 Å². The van der Waals surface area contributed by atoms with Gasteiger partial charge < -0.3 is 0 Å². The van der Waals surface area contributed by atoms with E-state index in [2.05, 4.69) is 4.98 Å². The number of sulfone groups is 1. The first-order chi connectivity index (χ1) is 10.8. The molecule has 118 valence electrons. The highest BCUT2D eigenvalue weighted by Gasteiger charge is 2.21. The Hall–Kier alpha value is -2.39. The van der Waals surface area contributed by atoms with Crippen molar-refractivity contribution < 1.29 is 17.7 Å². The second-order valence-electron chi connectivity index (χ2n) is 4.77. The molecule has 0 bridgehead atoms. The molecule has 0 aliphatic heterocycles. The molecule has 6 nitrogen and oxygen atoms in total. The highest BCUT2D eigenvalue weighted by Crippen LogP contribution is 2.30. The lowest BCUT2D eigenvalue weighted by Crippen LogP contribution is -2.04. The monoisotopic (exact) mass is 352 g/mol. The molecule has 9 heteroatoms. The van der Waals surface area contributed by atoms with E-state index < -0.39 is 20.6 Å². The molecule has 2 aromatic carbocycles. The van der Waals surface area contributed by atoms with E-state index >= 15 is 0 Å². The quantitative estimate of drug-likeness (QED) is 0.531. The Kier molecular flexibility index (Phi) is 3.82. The molecule has 0 amide bonds. The normalized spacial score (nSPS) is 11.7. The summed E-state index contributed by atoms with van der Waals surface area (Å²) in [7, 11) is -3.71. The van der Waals surface area contributed by atoms with Crippen molar-refractivity contribution in [2.45, 2.75) is 10.1 Å². The predicted octanol–water partition coefficient (Wildman–Crippen LogP) is 3.32. The second kappa shape index (κ2) is 5.67. The largest absolute Gasteiger partial charge is 0.270 e. The van der Waals surface area contributed by atoms with Crippen molar-refractivity contribution in [2.75, 3.05) is 0 Å². The van der Waals surface area contributed by atoms with Crippen LogP contribution in [0.25, 0.3) is 10.2 Å². The van der Waals surface area contributed by atoms with Crippen LogP contribution in [0.4, 0.5) is 10.1 Å². The Morgan fingerprint density at radius 3 is 2.52 bits per heavy atom. The lowest BCUT2D eigenvalue weighted by atomic mass is 10.2. The summed E-state index contributed by atoms with van der Waals surface area (Å²) in [4.78, 5) is 14.2. The van der Waals surface area contributed by atoms with Crippen LogP contribution in [0.2, 0.25) is 0 Å². The van der Waals surface area contributed by atoms with Crippen molar-refractivity contribution >= 4 is 37.1 Å². The van der Waals surface area contributed by atoms with Crippen LogP contribution >= 0.6 is 11.3 Å². The van der Waals surface area contributed by atoms with Crippen molar-refractivity contribution in [1.29, 1.82) is 0 Å². The number of nitrogens with zero attached hydrogens (tertiary/aromatic N) is 2. The molecule has 0 radical (unpaired) electrons. The van der Waals surface area contributed by atoms with Gasteiger partial charge in [-0.1, -0.05) is 12.1 Å². The first kappa shape index (κ1) is 15.5. The van der Waals surface area contributed by atoms with E-state index in [-0.39, 0.29) is 15.8 Å². The molecule has 1 heterocycles. The molecule has 3 aromatic rings. The van der Waals surface area contributed by atoms with Gasteiger partial charge in [0.2, 0.25) is 14.2 Å². The van der Waals surface area contributed by atoms with Gasteiger partial charge in [-0.15, -0.1) is 11.3 Å². The number of hydrogen-bond donors (Lipinski definition) is 0. The SMILES string of the molecule is O=[N+]([O-])c1ccc2nc(S(=O)(=O)Cc3ccc(F)cc3)sc2c1. The number of aromatic nitrogens is 1. The maximum atomic E-state index is 12.9. The molecule has 0 aliphatic carbocycles. The standard InChI is InChI=1S/C14H9FN2O4S2/c15-10-3-1-9(2-4-10)8-23(20,21)14-16-12-6-5-11(17(18)19)7-13(12)22-14/h1-7H,8H2. The highest BCUT2D eigenvalue weighted by atomic mass is 32.2. The number of nitro benzene ring substituents is 1. The lowest BCUT2D eigenvalue weighted by Gasteiger charge is -2.00. The molecular weight excluding hydrogens is 343 g/mol. The van der Waals surface area contributed by atoms with Gasteiger partial charge in [0.25, 0.3) is 5.69 Å². The van der Waals surface area contributed by atoms with Crippen molar-refractivity contribution in [3.05, 3.63) is 64.0 Å². The zero-order valence-electron chi connectivity index (χ0n) is 11.5. The van der Waals surface area contributed by atoms with Gasteiger partial charge in [-0.2, -0.15) is 0 Å². The first-order valence-electron chi connectivity index (χ1n) is 6.37. The predicted molar refractivity (Wildman–Crippen MR) is 83.6 cm³/mol. The van der Waals surface area contributed by atoms with E-state index in [9.17, 15) is 22.9 Å². The lowest BCUT2D eigenvalue weighted by molar-refractivity contribution is -0.384. The van der Waals surface area contributed by atoms with Crippen molar-refractivity contribution in [3.8, 4) is 0 Å². The van der Waals surface area contributed by atoms with Crippen molar-refractivity contribution in [2.24, 2.45) is 0 Å². The summed E-state index contributed by atoms with van der Waals surface area (Å²) in [5.41, 5.74) is 0.707. The molecular formula is C14H9FN2O4S2. The summed E-state index contributed by atoms with van der Waals surface area (Å²) >= 11 is 0.881. The number of hydrogen-bond acceptors (Lipinski definition) is 6. The van der Waals surface area contributed by atoms with Gasteiger partial charge in [0.15, 0.2) is 0 Å².